The second kappa shape index (κ2) is 11.5. The smallest absolute Gasteiger partial charge is 0.115 e. The molecule has 0 saturated heterocycles. The van der Waals surface area contributed by atoms with Crippen LogP contribution in [0.4, 0.5) is 0 Å². The van der Waals surface area contributed by atoms with Crippen molar-refractivity contribution in [3.05, 3.63) is 110 Å². The summed E-state index contributed by atoms with van der Waals surface area (Å²) in [6.45, 7) is 8.18. The normalized spacial score (nSPS) is 11.0. The Hall–Kier alpha value is -3.08. The number of aliphatic hydroxyl groups is 1. The van der Waals surface area contributed by atoms with E-state index in [-0.39, 0.29) is 0 Å². The summed E-state index contributed by atoms with van der Waals surface area (Å²) in [6.07, 6.45) is 7.43. The van der Waals surface area contributed by atoms with Crippen LogP contribution in [0.2, 0.25) is 0 Å². The van der Waals surface area contributed by atoms with E-state index in [4.69, 9.17) is 4.74 Å². The summed E-state index contributed by atoms with van der Waals surface area (Å²) in [6, 6.07) is 17.9. The lowest BCUT2D eigenvalue weighted by atomic mass is 9.94. The van der Waals surface area contributed by atoms with Crippen molar-refractivity contribution in [2.24, 2.45) is 0 Å². The number of hydrogen-bond acceptors (Lipinski definition) is 4. The molecule has 3 rings (SSSR count). The standard InChI is InChI=1S/C17H14N2O.C6H10O/c20-17(14-10-18-12-19-11-14)16-9-5-4-8-15(16)13-6-2-1-3-7-13;1-3-5-7-6-4-2/h1-12,17,20H;3-4H,1-2,5-6H2. The zero-order valence-electron chi connectivity index (χ0n) is 15.2. The minimum Gasteiger partial charge on any atom is -0.384 e. The van der Waals surface area contributed by atoms with E-state index in [0.29, 0.717) is 18.8 Å². The van der Waals surface area contributed by atoms with Crippen LogP contribution in [0.15, 0.2) is 98.6 Å². The molecule has 0 saturated carbocycles. The topological polar surface area (TPSA) is 55.2 Å². The number of aromatic nitrogens is 2. The third-order valence-corrected chi connectivity index (χ3v) is 3.71. The molecular weight excluding hydrogens is 336 g/mol. The summed E-state index contributed by atoms with van der Waals surface area (Å²) < 4.78 is 4.90. The van der Waals surface area contributed by atoms with Crippen LogP contribution in [0.5, 0.6) is 0 Å². The van der Waals surface area contributed by atoms with E-state index in [1.165, 1.54) is 6.33 Å². The molecule has 0 aliphatic heterocycles. The van der Waals surface area contributed by atoms with Crippen LogP contribution in [-0.2, 0) is 4.74 Å². The lowest BCUT2D eigenvalue weighted by molar-refractivity contribution is 0.194. The molecule has 0 fully saturated rings. The van der Waals surface area contributed by atoms with Crippen molar-refractivity contribution in [2.75, 3.05) is 13.2 Å². The average molecular weight is 360 g/mol. The predicted molar refractivity (Wildman–Crippen MR) is 109 cm³/mol. The Morgan fingerprint density at radius 2 is 1.48 bits per heavy atom. The first-order chi connectivity index (χ1) is 13.3. The van der Waals surface area contributed by atoms with Gasteiger partial charge >= 0.3 is 0 Å². The van der Waals surface area contributed by atoms with Crippen molar-refractivity contribution in [3.8, 4) is 11.1 Å². The van der Waals surface area contributed by atoms with Gasteiger partial charge in [0.2, 0.25) is 0 Å². The van der Waals surface area contributed by atoms with Gasteiger partial charge in [-0.05, 0) is 16.7 Å². The second-order valence-corrected chi connectivity index (χ2v) is 5.64. The van der Waals surface area contributed by atoms with Gasteiger partial charge in [0.25, 0.3) is 0 Å². The molecule has 0 aliphatic carbocycles. The SMILES string of the molecule is C=CCOCC=C.OC(c1cncnc1)c1ccccc1-c1ccccc1. The molecule has 0 radical (unpaired) electrons. The molecule has 2 aromatic carbocycles. The zero-order valence-corrected chi connectivity index (χ0v) is 15.2. The van der Waals surface area contributed by atoms with Gasteiger partial charge in [-0.25, -0.2) is 9.97 Å². The molecule has 1 N–H and O–H groups in total. The Balaban J connectivity index is 0.000000321. The molecule has 138 valence electrons. The van der Waals surface area contributed by atoms with Gasteiger partial charge in [0, 0.05) is 18.0 Å². The minimum atomic E-state index is -0.729. The summed E-state index contributed by atoms with van der Waals surface area (Å²) >= 11 is 0. The van der Waals surface area contributed by atoms with Crippen molar-refractivity contribution in [1.29, 1.82) is 0 Å². The van der Waals surface area contributed by atoms with Gasteiger partial charge in [-0.3, -0.25) is 0 Å². The highest BCUT2D eigenvalue weighted by atomic mass is 16.5. The minimum absolute atomic E-state index is 0.617. The molecule has 1 aromatic heterocycles. The lowest BCUT2D eigenvalue weighted by Crippen LogP contribution is -2.02. The monoisotopic (exact) mass is 360 g/mol. The van der Waals surface area contributed by atoms with Crippen molar-refractivity contribution in [2.45, 2.75) is 6.10 Å². The fraction of sp³-hybridized carbons (Fsp3) is 0.130. The van der Waals surface area contributed by atoms with E-state index >= 15 is 0 Å². The lowest BCUT2D eigenvalue weighted by Gasteiger charge is -2.15. The first kappa shape index (κ1) is 20.2. The Morgan fingerprint density at radius 1 is 0.889 bits per heavy atom. The first-order valence-corrected chi connectivity index (χ1v) is 8.64. The number of nitrogens with zero attached hydrogens (tertiary/aromatic N) is 2. The largest absolute Gasteiger partial charge is 0.384 e. The molecule has 0 amide bonds. The number of rotatable bonds is 7. The van der Waals surface area contributed by atoms with E-state index in [9.17, 15) is 5.11 Å². The third-order valence-electron chi connectivity index (χ3n) is 3.71. The third kappa shape index (κ3) is 6.29. The second-order valence-electron chi connectivity index (χ2n) is 5.64. The van der Waals surface area contributed by atoms with E-state index in [1.807, 2.05) is 54.6 Å². The van der Waals surface area contributed by atoms with E-state index < -0.39 is 6.10 Å². The number of hydrogen-bond donors (Lipinski definition) is 1. The molecule has 0 spiro atoms. The van der Waals surface area contributed by atoms with Crippen molar-refractivity contribution < 1.29 is 9.84 Å². The predicted octanol–water partition coefficient (Wildman–Crippen LogP) is 4.60. The van der Waals surface area contributed by atoms with Crippen molar-refractivity contribution >= 4 is 0 Å². The molecule has 0 aliphatic rings. The fourth-order valence-electron chi connectivity index (χ4n) is 2.48. The van der Waals surface area contributed by atoms with Crippen LogP contribution in [0, 0.1) is 0 Å². The fourth-order valence-corrected chi connectivity index (χ4v) is 2.48. The van der Waals surface area contributed by atoms with E-state index in [0.717, 1.165) is 16.7 Å². The Morgan fingerprint density at radius 3 is 2.11 bits per heavy atom. The van der Waals surface area contributed by atoms with Crippen molar-refractivity contribution in [1.82, 2.24) is 9.97 Å². The van der Waals surface area contributed by atoms with Crippen LogP contribution >= 0.6 is 0 Å². The maximum absolute atomic E-state index is 10.6. The van der Waals surface area contributed by atoms with Crippen LogP contribution in [0.3, 0.4) is 0 Å². The van der Waals surface area contributed by atoms with Crippen LogP contribution in [0.25, 0.3) is 11.1 Å². The Bertz CT molecular complexity index is 812. The average Bonchev–Trinajstić information content (AvgIpc) is 2.75. The molecule has 1 unspecified atom stereocenters. The molecule has 3 aromatic rings. The van der Waals surface area contributed by atoms with Gasteiger partial charge in [-0.15, -0.1) is 13.2 Å². The molecule has 0 bridgehead atoms. The number of ether oxygens (including phenoxy) is 1. The van der Waals surface area contributed by atoms with E-state index in [2.05, 4.69) is 23.1 Å². The molecule has 4 nitrogen and oxygen atoms in total. The summed E-state index contributed by atoms with van der Waals surface area (Å²) in [5, 5.41) is 10.6. The molecule has 4 heteroatoms. The Labute approximate surface area is 160 Å². The van der Waals surface area contributed by atoms with Crippen LogP contribution in [-0.4, -0.2) is 28.3 Å². The van der Waals surface area contributed by atoms with Gasteiger partial charge in [-0.2, -0.15) is 0 Å². The highest BCUT2D eigenvalue weighted by Crippen LogP contribution is 2.31. The van der Waals surface area contributed by atoms with Gasteiger partial charge in [0.1, 0.15) is 12.4 Å². The highest BCUT2D eigenvalue weighted by Gasteiger charge is 2.15. The quantitative estimate of drug-likeness (QED) is 0.494. The maximum atomic E-state index is 10.6. The highest BCUT2D eigenvalue weighted by molar-refractivity contribution is 5.68. The number of aliphatic hydroxyl groups excluding tert-OH is 1. The zero-order chi connectivity index (χ0) is 19.3. The summed E-state index contributed by atoms with van der Waals surface area (Å²) in [5.41, 5.74) is 3.65. The van der Waals surface area contributed by atoms with Gasteiger partial charge in [0.05, 0.1) is 13.2 Å². The van der Waals surface area contributed by atoms with Crippen LogP contribution in [0.1, 0.15) is 17.2 Å². The summed E-state index contributed by atoms with van der Waals surface area (Å²) in [4.78, 5) is 7.93. The Kier molecular flexibility index (Phi) is 8.63. The van der Waals surface area contributed by atoms with Crippen molar-refractivity contribution in [3.63, 3.8) is 0 Å². The molecule has 1 atom stereocenters. The molecular formula is C23H24N2O2. The number of benzene rings is 2. The van der Waals surface area contributed by atoms with Gasteiger partial charge < -0.3 is 9.84 Å². The van der Waals surface area contributed by atoms with Gasteiger partial charge in [-0.1, -0.05) is 66.7 Å². The summed E-state index contributed by atoms with van der Waals surface area (Å²) in [7, 11) is 0. The van der Waals surface area contributed by atoms with Gasteiger partial charge in [0.15, 0.2) is 0 Å². The molecule has 27 heavy (non-hydrogen) atoms. The maximum Gasteiger partial charge on any atom is 0.115 e. The molecule has 1 heterocycles. The summed E-state index contributed by atoms with van der Waals surface area (Å²) in [5.74, 6) is 0. The van der Waals surface area contributed by atoms with E-state index in [1.54, 1.807) is 24.5 Å². The van der Waals surface area contributed by atoms with Crippen LogP contribution < -0.4 is 0 Å². The first-order valence-electron chi connectivity index (χ1n) is 8.64.